The maximum atomic E-state index is 9.61. The van der Waals surface area contributed by atoms with E-state index in [0.29, 0.717) is 6.54 Å². The van der Waals surface area contributed by atoms with Crippen LogP contribution in [0.5, 0.6) is 0 Å². The topological polar surface area (TPSA) is 40.5 Å². The second kappa shape index (κ2) is 3.61. The lowest BCUT2D eigenvalue weighted by Crippen LogP contribution is -2.21. The highest BCUT2D eigenvalue weighted by molar-refractivity contribution is 5.47. The van der Waals surface area contributed by atoms with Crippen molar-refractivity contribution in [2.75, 3.05) is 13.3 Å². The van der Waals surface area contributed by atoms with Crippen molar-refractivity contribution in [3.63, 3.8) is 0 Å². The van der Waals surface area contributed by atoms with Gasteiger partial charge in [-0.05, 0) is 6.92 Å². The minimum atomic E-state index is -0.236. The maximum Gasteiger partial charge on any atom is 0.313 e. The van der Waals surface area contributed by atoms with Crippen molar-refractivity contribution in [1.82, 2.24) is 4.90 Å². The van der Waals surface area contributed by atoms with Crippen molar-refractivity contribution in [1.29, 1.82) is 0 Å². The van der Waals surface area contributed by atoms with E-state index in [-0.39, 0.29) is 6.73 Å². The fraction of sp³-hybridized carbons (Fsp3) is 0.750. The lowest BCUT2D eigenvalue weighted by Gasteiger charge is -2.06. The molecule has 0 aromatic heterocycles. The van der Waals surface area contributed by atoms with E-state index in [9.17, 15) is 4.79 Å². The molecule has 3 nitrogen and oxygen atoms in total. The number of hydrogen-bond donors (Lipinski definition) is 1. The third-order valence-electron chi connectivity index (χ3n) is 0.682. The Kier molecular flexibility index (Phi) is 3.32. The Morgan fingerprint density at radius 2 is 2.43 bits per heavy atom. The lowest BCUT2D eigenvalue weighted by molar-refractivity contribution is 0.170. The predicted octanol–water partition coefficient (Wildman–Crippen LogP) is -0.675. The molecule has 3 heteroatoms. The molecule has 0 aromatic carbocycles. The second-order valence-electron chi connectivity index (χ2n) is 1.09. The van der Waals surface area contributed by atoms with Gasteiger partial charge in [-0.2, -0.15) is 0 Å². The molecule has 1 radical (unpaired) electrons. The van der Waals surface area contributed by atoms with Gasteiger partial charge in [0, 0.05) is 6.54 Å². The molecule has 0 atom stereocenters. The first kappa shape index (κ1) is 6.43. The van der Waals surface area contributed by atoms with Crippen LogP contribution in [0.2, 0.25) is 0 Å². The summed E-state index contributed by atoms with van der Waals surface area (Å²) >= 11 is 0. The highest BCUT2D eigenvalue weighted by atomic mass is 16.3. The number of hydrogen-bond acceptors (Lipinski definition) is 2. The molecule has 0 heterocycles. The normalized spacial score (nSPS) is 8.29. The molecule has 0 unspecified atom stereocenters. The van der Waals surface area contributed by atoms with Crippen LogP contribution in [0.4, 0.5) is 0 Å². The molecule has 7 heavy (non-hydrogen) atoms. The largest absolute Gasteiger partial charge is 0.376 e. The van der Waals surface area contributed by atoms with E-state index in [0.717, 1.165) is 4.90 Å². The summed E-state index contributed by atoms with van der Waals surface area (Å²) < 4.78 is 0. The summed E-state index contributed by atoms with van der Waals surface area (Å²) in [5.74, 6) is 0. The summed E-state index contributed by atoms with van der Waals surface area (Å²) in [5, 5.41) is 8.19. The van der Waals surface area contributed by atoms with Crippen molar-refractivity contribution in [2.45, 2.75) is 6.92 Å². The predicted molar refractivity (Wildman–Crippen MR) is 25.2 cm³/mol. The Hall–Kier alpha value is -0.570. The molecule has 0 fully saturated rings. The second-order valence-corrected chi connectivity index (χ2v) is 1.09. The molecule has 0 rings (SSSR count). The standard InChI is InChI=1S/C4H8NO2/c1-2-5(3-6)4-7/h6H,2-3H2,1H3. The number of aliphatic hydroxyl groups is 1. The molecule has 0 saturated carbocycles. The Morgan fingerprint density at radius 3 is 2.43 bits per heavy atom. The number of aliphatic hydroxyl groups excluding tert-OH is 1. The number of carbonyl (C=O) groups excluding carboxylic acids is 1. The fourth-order valence-corrected chi connectivity index (χ4v) is 0.193. The summed E-state index contributed by atoms with van der Waals surface area (Å²) in [6, 6.07) is 0. The molecular formula is C4H8NO2. The molecule has 0 aromatic rings. The minimum Gasteiger partial charge on any atom is -0.376 e. The van der Waals surface area contributed by atoms with E-state index in [4.69, 9.17) is 5.11 Å². The SMILES string of the molecule is CCN([C]=O)CO. The molecule has 1 amide bonds. The van der Waals surface area contributed by atoms with Gasteiger partial charge in [-0.1, -0.05) is 0 Å². The first-order valence-electron chi connectivity index (χ1n) is 2.08. The number of amides is 1. The van der Waals surface area contributed by atoms with Crippen LogP contribution in [0.25, 0.3) is 0 Å². The fourth-order valence-electron chi connectivity index (χ4n) is 0.193. The average molecular weight is 102 g/mol. The van der Waals surface area contributed by atoms with Gasteiger partial charge in [-0.3, -0.25) is 4.79 Å². The smallest absolute Gasteiger partial charge is 0.313 e. The van der Waals surface area contributed by atoms with Crippen LogP contribution in [0.15, 0.2) is 0 Å². The maximum absolute atomic E-state index is 9.61. The van der Waals surface area contributed by atoms with Gasteiger partial charge < -0.3 is 10.0 Å². The molecule has 1 N–H and O–H groups in total. The third-order valence-corrected chi connectivity index (χ3v) is 0.682. The van der Waals surface area contributed by atoms with Gasteiger partial charge in [-0.15, -0.1) is 0 Å². The monoisotopic (exact) mass is 102 g/mol. The lowest BCUT2D eigenvalue weighted by atomic mass is 10.7. The van der Waals surface area contributed by atoms with Crippen LogP contribution >= 0.6 is 0 Å². The van der Waals surface area contributed by atoms with Crippen LogP contribution < -0.4 is 0 Å². The third kappa shape index (κ3) is 2.17. The van der Waals surface area contributed by atoms with E-state index in [2.05, 4.69) is 0 Å². The minimum absolute atomic E-state index is 0.236. The zero-order valence-corrected chi connectivity index (χ0v) is 4.22. The highest BCUT2D eigenvalue weighted by Crippen LogP contribution is 1.73. The van der Waals surface area contributed by atoms with E-state index in [1.54, 1.807) is 6.92 Å². The summed E-state index contributed by atoms with van der Waals surface area (Å²) in [5.41, 5.74) is 0. The molecule has 0 bridgehead atoms. The van der Waals surface area contributed by atoms with Crippen LogP contribution in [0.1, 0.15) is 6.92 Å². The van der Waals surface area contributed by atoms with E-state index >= 15 is 0 Å². The first-order valence-corrected chi connectivity index (χ1v) is 2.08. The Balaban J connectivity index is 3.16. The highest BCUT2D eigenvalue weighted by Gasteiger charge is 1.90. The molecule has 0 aliphatic carbocycles. The van der Waals surface area contributed by atoms with Gasteiger partial charge in [0.2, 0.25) is 0 Å². The van der Waals surface area contributed by atoms with Crippen LogP contribution in [-0.2, 0) is 4.79 Å². The van der Waals surface area contributed by atoms with Gasteiger partial charge in [0.1, 0.15) is 6.73 Å². The van der Waals surface area contributed by atoms with Gasteiger partial charge in [0.15, 0.2) is 0 Å². The number of nitrogens with zero attached hydrogens (tertiary/aromatic N) is 1. The molecule has 0 spiro atoms. The molecule has 41 valence electrons. The van der Waals surface area contributed by atoms with Crippen molar-refractivity contribution >= 4 is 6.41 Å². The van der Waals surface area contributed by atoms with Gasteiger partial charge in [0.25, 0.3) is 0 Å². The van der Waals surface area contributed by atoms with Crippen LogP contribution in [0.3, 0.4) is 0 Å². The van der Waals surface area contributed by atoms with E-state index < -0.39 is 0 Å². The summed E-state index contributed by atoms with van der Waals surface area (Å²) in [6.07, 6.45) is 1.53. The molecule has 0 aliphatic heterocycles. The summed E-state index contributed by atoms with van der Waals surface area (Å²) in [7, 11) is 0. The van der Waals surface area contributed by atoms with E-state index in [1.807, 2.05) is 0 Å². The zero-order chi connectivity index (χ0) is 5.70. The van der Waals surface area contributed by atoms with Crippen LogP contribution in [0, 0.1) is 0 Å². The molecule has 0 saturated heterocycles. The van der Waals surface area contributed by atoms with E-state index in [1.165, 1.54) is 6.41 Å². The van der Waals surface area contributed by atoms with Gasteiger partial charge >= 0.3 is 6.41 Å². The summed E-state index contributed by atoms with van der Waals surface area (Å²) in [4.78, 5) is 10.7. The average Bonchev–Trinajstić information content (AvgIpc) is 1.72. The number of rotatable bonds is 3. The summed E-state index contributed by atoms with van der Waals surface area (Å²) in [6.45, 7) is 2.04. The van der Waals surface area contributed by atoms with Crippen molar-refractivity contribution < 1.29 is 9.90 Å². The Morgan fingerprint density at radius 1 is 1.86 bits per heavy atom. The molecular weight excluding hydrogens is 94.0 g/mol. The zero-order valence-electron chi connectivity index (χ0n) is 4.22. The van der Waals surface area contributed by atoms with Crippen molar-refractivity contribution in [3.8, 4) is 0 Å². The Labute approximate surface area is 42.5 Å². The van der Waals surface area contributed by atoms with Crippen molar-refractivity contribution in [3.05, 3.63) is 0 Å². The molecule has 0 aliphatic rings. The van der Waals surface area contributed by atoms with Crippen molar-refractivity contribution in [2.24, 2.45) is 0 Å². The quantitative estimate of drug-likeness (QED) is 0.379. The Bertz CT molecular complexity index is 51.7. The van der Waals surface area contributed by atoms with Gasteiger partial charge in [-0.25, -0.2) is 0 Å². The first-order chi connectivity index (χ1) is 3.35. The van der Waals surface area contributed by atoms with Crippen LogP contribution in [-0.4, -0.2) is 29.7 Å². The van der Waals surface area contributed by atoms with Gasteiger partial charge in [0.05, 0.1) is 0 Å².